The Hall–Kier alpha value is -4.12. The molecule has 1 saturated heterocycles. The number of nitrogens with one attached hydrogen (secondary N) is 1. The summed E-state index contributed by atoms with van der Waals surface area (Å²) in [4.78, 5) is 28.7. The number of methoxy groups -OCH3 is 2. The van der Waals surface area contributed by atoms with Crippen molar-refractivity contribution >= 4 is 34.9 Å². The normalized spacial score (nSPS) is 22.3. The molecule has 1 saturated carbocycles. The van der Waals surface area contributed by atoms with E-state index in [1.165, 1.54) is 18.1 Å². The van der Waals surface area contributed by atoms with Gasteiger partial charge >= 0.3 is 6.09 Å². The van der Waals surface area contributed by atoms with Crippen molar-refractivity contribution in [3.8, 4) is 11.5 Å². The minimum Gasteiger partial charge on any atom is -0.497 e. The third-order valence-electron chi connectivity index (χ3n) is 8.86. The first kappa shape index (κ1) is 31.3. The van der Waals surface area contributed by atoms with Gasteiger partial charge < -0.3 is 29.3 Å². The van der Waals surface area contributed by atoms with E-state index in [1.807, 2.05) is 6.07 Å². The topological polar surface area (TPSA) is 92.3 Å². The van der Waals surface area contributed by atoms with Gasteiger partial charge in [-0.05, 0) is 69.0 Å². The molecular formula is C33H43FN6O4. The molecule has 1 aliphatic carbocycles. The Bertz CT molecular complexity index is 1450. The second-order valence-electron chi connectivity index (χ2n) is 11.9. The van der Waals surface area contributed by atoms with Gasteiger partial charge in [0.2, 0.25) is 5.95 Å². The standard InChI is InChI=1S/C33H43FN6O4/c1-21-8-7-9-22(2)31(21)44-33(41)40(28-13-11-25(42-5)19-29(28)43-6)30-14-15-35-32(37-30)36-24-10-12-27(26(34)18-24)39-17-16-38(4)23(3)20-39/h10-15,18-19,21-23,31H,7-9,16-17,20H2,1-6H3,(H,35,36,37). The van der Waals surface area contributed by atoms with E-state index >= 15 is 4.39 Å². The van der Waals surface area contributed by atoms with Crippen LogP contribution in [0.3, 0.4) is 0 Å². The number of anilines is 5. The van der Waals surface area contributed by atoms with Gasteiger partial charge in [0.25, 0.3) is 0 Å². The summed E-state index contributed by atoms with van der Waals surface area (Å²) in [5.41, 5.74) is 1.50. The van der Waals surface area contributed by atoms with E-state index in [0.717, 1.165) is 38.9 Å². The summed E-state index contributed by atoms with van der Waals surface area (Å²) in [7, 11) is 5.18. The molecule has 5 rings (SSSR count). The summed E-state index contributed by atoms with van der Waals surface area (Å²) < 4.78 is 32.5. The molecule has 1 N–H and O–H groups in total. The maximum atomic E-state index is 15.3. The molecule has 2 fully saturated rings. The number of halogens is 1. The highest BCUT2D eigenvalue weighted by molar-refractivity contribution is 5.97. The Kier molecular flexibility index (Phi) is 9.73. The van der Waals surface area contributed by atoms with E-state index in [2.05, 4.69) is 52.9 Å². The molecule has 3 aromatic rings. The Labute approximate surface area is 259 Å². The molecular weight excluding hydrogens is 563 g/mol. The number of carbonyl (C=O) groups is 1. The lowest BCUT2D eigenvalue weighted by atomic mass is 9.81. The van der Waals surface area contributed by atoms with Gasteiger partial charge in [0.15, 0.2) is 0 Å². The molecule has 3 unspecified atom stereocenters. The van der Waals surface area contributed by atoms with Crippen molar-refractivity contribution in [3.05, 3.63) is 54.5 Å². The van der Waals surface area contributed by atoms with Crippen LogP contribution in [0.5, 0.6) is 11.5 Å². The Balaban J connectivity index is 1.43. The van der Waals surface area contributed by atoms with Gasteiger partial charge in [0, 0.05) is 49.7 Å². The van der Waals surface area contributed by atoms with E-state index in [-0.39, 0.29) is 35.5 Å². The number of likely N-dealkylation sites (N-methyl/N-ethyl adjacent to an activating group) is 1. The molecule has 10 nitrogen and oxygen atoms in total. The van der Waals surface area contributed by atoms with Crippen molar-refractivity contribution < 1.29 is 23.4 Å². The van der Waals surface area contributed by atoms with Crippen molar-refractivity contribution in [1.29, 1.82) is 0 Å². The molecule has 0 bridgehead atoms. The number of benzene rings is 2. The SMILES string of the molecule is COc1ccc(N(C(=O)OC2C(C)CCCC2C)c2ccnc(Nc3ccc(N4CCN(C)C(C)C4)c(F)c3)n2)c(OC)c1. The predicted molar refractivity (Wildman–Crippen MR) is 170 cm³/mol. The minimum absolute atomic E-state index is 0.201. The third kappa shape index (κ3) is 6.83. The highest BCUT2D eigenvalue weighted by Crippen LogP contribution is 2.38. The average Bonchev–Trinajstić information content (AvgIpc) is 3.01. The molecule has 0 spiro atoms. The lowest BCUT2D eigenvalue weighted by molar-refractivity contribution is 0.0144. The first-order chi connectivity index (χ1) is 21.2. The van der Waals surface area contributed by atoms with Gasteiger partial charge in [-0.25, -0.2) is 19.1 Å². The van der Waals surface area contributed by atoms with Crippen LogP contribution in [0, 0.1) is 17.7 Å². The van der Waals surface area contributed by atoms with Gasteiger partial charge in [-0.2, -0.15) is 4.98 Å². The number of ether oxygens (including phenoxy) is 3. The number of hydrogen-bond donors (Lipinski definition) is 1. The first-order valence-electron chi connectivity index (χ1n) is 15.3. The zero-order chi connectivity index (χ0) is 31.4. The summed E-state index contributed by atoms with van der Waals surface area (Å²) in [6.07, 6.45) is 3.86. The highest BCUT2D eigenvalue weighted by atomic mass is 19.1. The van der Waals surface area contributed by atoms with Crippen molar-refractivity contribution in [2.75, 3.05) is 56.0 Å². The molecule has 1 amide bonds. The van der Waals surface area contributed by atoms with Gasteiger partial charge in [-0.1, -0.05) is 20.3 Å². The minimum atomic E-state index is -0.569. The van der Waals surface area contributed by atoms with Gasteiger partial charge in [-0.3, -0.25) is 0 Å². The number of rotatable bonds is 8. The predicted octanol–water partition coefficient (Wildman–Crippen LogP) is 6.62. The fourth-order valence-corrected chi connectivity index (χ4v) is 6.11. The zero-order valence-corrected chi connectivity index (χ0v) is 26.4. The van der Waals surface area contributed by atoms with E-state index in [1.54, 1.807) is 43.6 Å². The van der Waals surface area contributed by atoms with E-state index < -0.39 is 6.09 Å². The second-order valence-corrected chi connectivity index (χ2v) is 11.9. The van der Waals surface area contributed by atoms with Crippen LogP contribution in [0.15, 0.2) is 48.7 Å². The molecule has 2 aromatic carbocycles. The quantitative estimate of drug-likeness (QED) is 0.304. The van der Waals surface area contributed by atoms with Crippen LogP contribution in [-0.2, 0) is 4.74 Å². The number of nitrogens with zero attached hydrogens (tertiary/aromatic N) is 5. The lowest BCUT2D eigenvalue weighted by Crippen LogP contribution is -2.50. The van der Waals surface area contributed by atoms with Crippen molar-refractivity contribution in [1.82, 2.24) is 14.9 Å². The van der Waals surface area contributed by atoms with E-state index in [9.17, 15) is 4.79 Å². The summed E-state index contributed by atoms with van der Waals surface area (Å²) in [5, 5.41) is 3.10. The van der Waals surface area contributed by atoms with Crippen LogP contribution >= 0.6 is 0 Å². The molecule has 0 radical (unpaired) electrons. The van der Waals surface area contributed by atoms with Crippen LogP contribution in [-0.4, -0.2) is 74.0 Å². The van der Waals surface area contributed by atoms with Crippen molar-refractivity contribution in [2.24, 2.45) is 11.8 Å². The van der Waals surface area contributed by atoms with Crippen molar-refractivity contribution in [2.45, 2.75) is 52.2 Å². The zero-order valence-electron chi connectivity index (χ0n) is 26.4. The molecule has 44 heavy (non-hydrogen) atoms. The maximum Gasteiger partial charge on any atom is 0.420 e. The molecule has 2 aliphatic rings. The Morgan fingerprint density at radius 3 is 2.48 bits per heavy atom. The summed E-state index contributed by atoms with van der Waals surface area (Å²) >= 11 is 0. The fourth-order valence-electron chi connectivity index (χ4n) is 6.11. The van der Waals surface area contributed by atoms with Crippen LogP contribution in [0.4, 0.5) is 38.0 Å². The molecule has 11 heteroatoms. The molecule has 1 aromatic heterocycles. The second kappa shape index (κ2) is 13.7. The average molecular weight is 607 g/mol. The monoisotopic (exact) mass is 606 g/mol. The number of carbonyl (C=O) groups excluding carboxylic acids is 1. The van der Waals surface area contributed by atoms with Gasteiger partial charge in [0.1, 0.15) is 29.2 Å². The lowest BCUT2D eigenvalue weighted by Gasteiger charge is -2.39. The van der Waals surface area contributed by atoms with Crippen LogP contribution < -0.4 is 24.6 Å². The van der Waals surface area contributed by atoms with Crippen molar-refractivity contribution in [3.63, 3.8) is 0 Å². The smallest absolute Gasteiger partial charge is 0.420 e. The Morgan fingerprint density at radius 2 is 1.80 bits per heavy atom. The molecule has 1 aliphatic heterocycles. The van der Waals surface area contributed by atoms with Crippen LogP contribution in [0.2, 0.25) is 0 Å². The first-order valence-corrected chi connectivity index (χ1v) is 15.3. The summed E-state index contributed by atoms with van der Waals surface area (Å²) in [6.45, 7) is 8.76. The molecule has 236 valence electrons. The molecule has 2 heterocycles. The maximum absolute atomic E-state index is 15.3. The fraction of sp³-hybridized carbons (Fsp3) is 0.485. The summed E-state index contributed by atoms with van der Waals surface area (Å²) in [5.74, 6) is 1.61. The van der Waals surface area contributed by atoms with E-state index in [0.29, 0.717) is 34.6 Å². The number of hydrogen-bond acceptors (Lipinski definition) is 9. The number of amides is 1. The number of piperazine rings is 1. The summed E-state index contributed by atoms with van der Waals surface area (Å²) in [6, 6.07) is 12.2. The Morgan fingerprint density at radius 1 is 1.02 bits per heavy atom. The van der Waals surface area contributed by atoms with E-state index in [4.69, 9.17) is 14.2 Å². The van der Waals surface area contributed by atoms with Gasteiger partial charge in [-0.15, -0.1) is 0 Å². The largest absolute Gasteiger partial charge is 0.497 e. The molecule has 3 atom stereocenters. The van der Waals surface area contributed by atoms with Gasteiger partial charge in [0.05, 0.1) is 25.6 Å². The third-order valence-corrected chi connectivity index (χ3v) is 8.86. The van der Waals surface area contributed by atoms with Crippen LogP contribution in [0.25, 0.3) is 0 Å². The highest BCUT2D eigenvalue weighted by Gasteiger charge is 2.34. The van der Waals surface area contributed by atoms with Crippen LogP contribution in [0.1, 0.15) is 40.0 Å². The number of aromatic nitrogens is 2.